The van der Waals surface area contributed by atoms with E-state index in [1.165, 1.54) is 10.8 Å². The normalized spacial score (nSPS) is 15.6. The number of fused-ring (bicyclic) bond motifs is 1. The highest BCUT2D eigenvalue weighted by atomic mass is 14.6. The number of hydrogen-bond donors (Lipinski definition) is 0. The van der Waals surface area contributed by atoms with Crippen molar-refractivity contribution < 1.29 is 0 Å². The minimum absolute atomic E-state index is 1.12. The molecule has 1 aliphatic rings. The molecule has 1 heterocycles. The molecule has 0 saturated carbocycles. The standard InChI is InChI=1S/C12H13N/c1-10-6-3-2-4-7-11-8-5-9-13-12(10)11/h2,4-5,7-9H,3,6H2,1H3. The zero-order valence-electron chi connectivity index (χ0n) is 7.83. The van der Waals surface area contributed by atoms with Gasteiger partial charge in [0.1, 0.15) is 0 Å². The molecule has 13 heavy (non-hydrogen) atoms. The van der Waals surface area contributed by atoms with Crippen molar-refractivity contribution in [2.45, 2.75) is 19.8 Å². The van der Waals surface area contributed by atoms with Gasteiger partial charge >= 0.3 is 0 Å². The Balaban J connectivity index is 2.80. The van der Waals surface area contributed by atoms with E-state index in [9.17, 15) is 0 Å². The lowest BCUT2D eigenvalue weighted by Crippen LogP contribution is -2.29. The minimum atomic E-state index is 1.12. The fourth-order valence-corrected chi connectivity index (χ4v) is 1.59. The van der Waals surface area contributed by atoms with Crippen LogP contribution in [0.4, 0.5) is 0 Å². The highest BCUT2D eigenvalue weighted by Crippen LogP contribution is 2.03. The molecule has 2 rings (SSSR count). The molecule has 0 aliphatic heterocycles. The monoisotopic (exact) mass is 171 g/mol. The van der Waals surface area contributed by atoms with Crippen molar-refractivity contribution in [3.05, 3.63) is 41.0 Å². The van der Waals surface area contributed by atoms with Crippen LogP contribution in [0.3, 0.4) is 0 Å². The highest BCUT2D eigenvalue weighted by molar-refractivity contribution is 5.46. The van der Waals surface area contributed by atoms with Gasteiger partial charge in [-0.25, -0.2) is 0 Å². The van der Waals surface area contributed by atoms with Crippen LogP contribution in [0.1, 0.15) is 19.8 Å². The van der Waals surface area contributed by atoms with Gasteiger partial charge in [0.15, 0.2) is 0 Å². The maximum atomic E-state index is 4.40. The molecule has 1 aliphatic carbocycles. The van der Waals surface area contributed by atoms with Gasteiger partial charge in [0.2, 0.25) is 0 Å². The SMILES string of the molecule is CC1=c2ncccc2=CC=CCC1. The summed E-state index contributed by atoms with van der Waals surface area (Å²) in [5.41, 5.74) is 1.39. The third kappa shape index (κ3) is 1.69. The van der Waals surface area contributed by atoms with Gasteiger partial charge in [0.05, 0.1) is 5.35 Å². The van der Waals surface area contributed by atoms with Crippen molar-refractivity contribution in [1.29, 1.82) is 0 Å². The smallest absolute Gasteiger partial charge is 0.0691 e. The summed E-state index contributed by atoms with van der Waals surface area (Å²) >= 11 is 0. The highest BCUT2D eigenvalue weighted by Gasteiger charge is 1.95. The van der Waals surface area contributed by atoms with Gasteiger partial charge < -0.3 is 0 Å². The summed E-state index contributed by atoms with van der Waals surface area (Å²) < 4.78 is 0. The van der Waals surface area contributed by atoms with Crippen molar-refractivity contribution >= 4 is 11.6 Å². The van der Waals surface area contributed by atoms with Gasteiger partial charge in [-0.1, -0.05) is 24.3 Å². The Bertz CT molecular complexity index is 440. The molecule has 1 aromatic rings. The Kier molecular flexibility index (Phi) is 2.26. The van der Waals surface area contributed by atoms with Gasteiger partial charge in [-0.3, -0.25) is 4.98 Å². The number of allylic oxidation sites excluding steroid dienone is 2. The van der Waals surface area contributed by atoms with E-state index in [2.05, 4.69) is 36.2 Å². The van der Waals surface area contributed by atoms with Crippen LogP contribution in [0.15, 0.2) is 30.5 Å². The molecule has 0 N–H and O–H groups in total. The Hall–Kier alpha value is -1.37. The van der Waals surface area contributed by atoms with Crippen molar-refractivity contribution in [1.82, 2.24) is 4.98 Å². The summed E-state index contributed by atoms with van der Waals surface area (Å²) in [5, 5.41) is 2.39. The molecule has 0 amide bonds. The lowest BCUT2D eigenvalue weighted by atomic mass is 10.1. The molecule has 0 unspecified atom stereocenters. The van der Waals surface area contributed by atoms with Gasteiger partial charge in [0.25, 0.3) is 0 Å². The second-order valence-corrected chi connectivity index (χ2v) is 3.36. The quantitative estimate of drug-likeness (QED) is 0.574. The van der Waals surface area contributed by atoms with Crippen molar-refractivity contribution in [3.63, 3.8) is 0 Å². The number of nitrogens with zero attached hydrogens (tertiary/aromatic N) is 1. The summed E-state index contributed by atoms with van der Waals surface area (Å²) in [6.07, 6.45) is 10.6. The number of rotatable bonds is 0. The first kappa shape index (κ1) is 8.24. The average molecular weight is 171 g/mol. The zero-order chi connectivity index (χ0) is 9.10. The third-order valence-corrected chi connectivity index (χ3v) is 2.34. The summed E-state index contributed by atoms with van der Waals surface area (Å²) in [6.45, 7) is 2.17. The van der Waals surface area contributed by atoms with Gasteiger partial charge in [-0.2, -0.15) is 0 Å². The maximum Gasteiger partial charge on any atom is 0.0691 e. The largest absolute Gasteiger partial charge is 0.256 e. The summed E-state index contributed by atoms with van der Waals surface area (Å²) in [6, 6.07) is 4.10. The van der Waals surface area contributed by atoms with Crippen LogP contribution >= 0.6 is 0 Å². The Labute approximate surface area is 78.1 Å². The lowest BCUT2D eigenvalue weighted by Gasteiger charge is -2.00. The molecule has 66 valence electrons. The first-order valence-electron chi connectivity index (χ1n) is 4.65. The Morgan fingerprint density at radius 3 is 3.23 bits per heavy atom. The topological polar surface area (TPSA) is 12.9 Å². The zero-order valence-corrected chi connectivity index (χ0v) is 7.83. The van der Waals surface area contributed by atoms with Crippen LogP contribution in [0, 0.1) is 0 Å². The van der Waals surface area contributed by atoms with E-state index < -0.39 is 0 Å². The number of pyridine rings is 1. The van der Waals surface area contributed by atoms with Crippen molar-refractivity contribution in [2.75, 3.05) is 0 Å². The molecular weight excluding hydrogens is 158 g/mol. The molecule has 0 radical (unpaired) electrons. The van der Waals surface area contributed by atoms with Gasteiger partial charge in [-0.15, -0.1) is 0 Å². The molecule has 0 aromatic carbocycles. The van der Waals surface area contributed by atoms with Gasteiger partial charge in [0, 0.05) is 11.4 Å². The number of aromatic nitrogens is 1. The molecule has 0 saturated heterocycles. The van der Waals surface area contributed by atoms with E-state index in [4.69, 9.17) is 0 Å². The van der Waals surface area contributed by atoms with E-state index in [0.29, 0.717) is 0 Å². The van der Waals surface area contributed by atoms with Crippen LogP contribution in [-0.4, -0.2) is 4.98 Å². The van der Waals surface area contributed by atoms with Crippen LogP contribution in [-0.2, 0) is 0 Å². The van der Waals surface area contributed by atoms with E-state index in [0.717, 1.165) is 18.2 Å². The van der Waals surface area contributed by atoms with Crippen molar-refractivity contribution in [3.8, 4) is 0 Å². The first-order valence-corrected chi connectivity index (χ1v) is 4.65. The van der Waals surface area contributed by atoms with E-state index in [1.54, 1.807) is 0 Å². The van der Waals surface area contributed by atoms with E-state index in [-0.39, 0.29) is 0 Å². The predicted octanol–water partition coefficient (Wildman–Crippen LogP) is 1.38. The first-order chi connectivity index (χ1) is 6.38. The Morgan fingerprint density at radius 2 is 2.31 bits per heavy atom. The van der Waals surface area contributed by atoms with Crippen LogP contribution in [0.5, 0.6) is 0 Å². The number of hydrogen-bond acceptors (Lipinski definition) is 1. The maximum absolute atomic E-state index is 4.40. The molecule has 0 atom stereocenters. The van der Waals surface area contributed by atoms with E-state index in [1.807, 2.05) is 12.3 Å². The molecule has 0 fully saturated rings. The fraction of sp³-hybridized carbons (Fsp3) is 0.250. The molecule has 1 nitrogen and oxygen atoms in total. The summed E-state index contributed by atoms with van der Waals surface area (Å²) in [7, 11) is 0. The fourth-order valence-electron chi connectivity index (χ4n) is 1.59. The van der Waals surface area contributed by atoms with Crippen LogP contribution in [0.25, 0.3) is 11.6 Å². The predicted molar refractivity (Wildman–Crippen MR) is 55.4 cm³/mol. The summed E-state index contributed by atoms with van der Waals surface area (Å²) in [4.78, 5) is 4.40. The molecule has 0 bridgehead atoms. The molecule has 1 aromatic heterocycles. The second-order valence-electron chi connectivity index (χ2n) is 3.36. The minimum Gasteiger partial charge on any atom is -0.256 e. The average Bonchev–Trinajstić information content (AvgIpc) is 2.14. The van der Waals surface area contributed by atoms with Crippen LogP contribution in [0.2, 0.25) is 0 Å². The van der Waals surface area contributed by atoms with Gasteiger partial charge in [-0.05, 0) is 31.4 Å². The third-order valence-electron chi connectivity index (χ3n) is 2.34. The molecule has 1 heteroatoms. The van der Waals surface area contributed by atoms with Crippen LogP contribution < -0.4 is 10.6 Å². The second kappa shape index (κ2) is 3.56. The molecule has 0 spiro atoms. The summed E-state index contributed by atoms with van der Waals surface area (Å²) in [5.74, 6) is 0. The Morgan fingerprint density at radius 1 is 1.38 bits per heavy atom. The van der Waals surface area contributed by atoms with Crippen molar-refractivity contribution in [2.24, 2.45) is 0 Å². The lowest BCUT2D eigenvalue weighted by molar-refractivity contribution is 1.03. The molecular formula is C12H13N. The van der Waals surface area contributed by atoms with E-state index >= 15 is 0 Å².